The van der Waals surface area contributed by atoms with E-state index in [4.69, 9.17) is 0 Å². The van der Waals surface area contributed by atoms with Crippen LogP contribution in [0.3, 0.4) is 0 Å². The van der Waals surface area contributed by atoms with Crippen LogP contribution in [0.25, 0.3) is 0 Å². The predicted octanol–water partition coefficient (Wildman–Crippen LogP) is 4.97. The summed E-state index contributed by atoms with van der Waals surface area (Å²) in [6, 6.07) is 0. The lowest BCUT2D eigenvalue weighted by atomic mass is 9.46. The van der Waals surface area contributed by atoms with E-state index >= 15 is 0 Å². The molecule has 4 heteroatoms. The van der Waals surface area contributed by atoms with Gasteiger partial charge in [0.1, 0.15) is 0 Å². The highest BCUT2D eigenvalue weighted by Gasteiger charge is 2.60. The summed E-state index contributed by atoms with van der Waals surface area (Å²) in [7, 11) is 0. The summed E-state index contributed by atoms with van der Waals surface area (Å²) < 4.78 is 26.1. The number of alkyl halides is 2. The molecule has 138 valence electrons. The summed E-state index contributed by atoms with van der Waals surface area (Å²) in [6.45, 7) is 4.42. The molecule has 0 unspecified atom stereocenters. The van der Waals surface area contributed by atoms with Gasteiger partial charge >= 0.3 is 0 Å². The molecule has 0 saturated heterocycles. The molecule has 0 aromatic heterocycles. The Morgan fingerprint density at radius 2 is 1.84 bits per heavy atom. The predicted molar refractivity (Wildman–Crippen MR) is 91.2 cm³/mol. The van der Waals surface area contributed by atoms with Gasteiger partial charge in [0.25, 0.3) is 6.43 Å². The second-order valence-electron chi connectivity index (χ2n) is 9.35. The molecule has 3 saturated carbocycles. The van der Waals surface area contributed by atoms with Gasteiger partial charge in [0, 0.05) is 12.3 Å². The minimum Gasteiger partial charge on any atom is -0.295 e. The zero-order valence-corrected chi connectivity index (χ0v) is 15.2. The third-order valence-electron chi connectivity index (χ3n) is 8.52. The first-order valence-electron chi connectivity index (χ1n) is 9.83. The number of ketones is 2. The van der Waals surface area contributed by atoms with Gasteiger partial charge in [-0.1, -0.05) is 19.4 Å². The fraction of sp³-hybridized carbons (Fsp3) is 0.810. The molecule has 6 atom stereocenters. The molecular weight excluding hydrogens is 322 g/mol. The molecule has 0 heterocycles. The van der Waals surface area contributed by atoms with Crippen molar-refractivity contribution >= 4 is 11.6 Å². The summed E-state index contributed by atoms with van der Waals surface area (Å²) in [5.74, 6) is 0.416. The summed E-state index contributed by atoms with van der Waals surface area (Å²) in [5.41, 5.74) is 1.17. The number of carbonyl (C=O) groups is 2. The molecule has 0 bridgehead atoms. The zero-order valence-electron chi connectivity index (χ0n) is 15.2. The fourth-order valence-corrected chi connectivity index (χ4v) is 7.18. The first kappa shape index (κ1) is 17.4. The van der Waals surface area contributed by atoms with E-state index in [1.54, 1.807) is 0 Å². The van der Waals surface area contributed by atoms with E-state index in [0.717, 1.165) is 38.5 Å². The molecule has 4 aliphatic carbocycles. The maximum absolute atomic E-state index is 13.1. The molecule has 4 rings (SSSR count). The highest BCUT2D eigenvalue weighted by molar-refractivity contribution is 5.91. The van der Waals surface area contributed by atoms with Crippen LogP contribution in [-0.4, -0.2) is 18.0 Å². The van der Waals surface area contributed by atoms with Crippen molar-refractivity contribution in [3.63, 3.8) is 0 Å². The molecule has 0 aliphatic heterocycles. The Balaban J connectivity index is 1.64. The maximum atomic E-state index is 13.1. The van der Waals surface area contributed by atoms with Gasteiger partial charge in [0.05, 0.1) is 0 Å². The number of hydrogen-bond acceptors (Lipinski definition) is 2. The maximum Gasteiger partial charge on any atom is 0.296 e. The smallest absolute Gasteiger partial charge is 0.295 e. The lowest BCUT2D eigenvalue weighted by Crippen LogP contribution is -2.51. The second-order valence-corrected chi connectivity index (χ2v) is 9.35. The van der Waals surface area contributed by atoms with Crippen LogP contribution in [-0.2, 0) is 9.59 Å². The minimum atomic E-state index is -2.83. The van der Waals surface area contributed by atoms with Gasteiger partial charge in [0.15, 0.2) is 5.78 Å². The average molecular weight is 350 g/mol. The molecule has 0 aromatic rings. The highest BCUT2D eigenvalue weighted by Crippen LogP contribution is 2.66. The number of fused-ring (bicyclic) bond motifs is 5. The molecule has 0 radical (unpaired) electrons. The fourth-order valence-electron chi connectivity index (χ4n) is 7.18. The van der Waals surface area contributed by atoms with Crippen LogP contribution in [0.1, 0.15) is 65.2 Å². The second kappa shape index (κ2) is 5.72. The Morgan fingerprint density at radius 3 is 2.56 bits per heavy atom. The number of allylic oxidation sites excluding steroid dienone is 1. The van der Waals surface area contributed by atoms with Crippen LogP contribution in [0.5, 0.6) is 0 Å². The standard InChI is InChI=1S/C21H28F2O2/c1-20-9-7-13(24)11-12(20)3-4-14-15-5-6-17(18(25)19(22)23)21(15,2)10-8-16(14)20/h11,14-17,19H,3-10H2,1-2H3/t14-,15-,16-,17+,20-,21-/m0/s1. The number of hydrogen-bond donors (Lipinski definition) is 0. The molecule has 0 aromatic carbocycles. The van der Waals surface area contributed by atoms with Gasteiger partial charge in [-0.3, -0.25) is 9.59 Å². The summed E-state index contributed by atoms with van der Waals surface area (Å²) in [5, 5.41) is 0. The first-order valence-corrected chi connectivity index (χ1v) is 9.83. The Kier molecular flexibility index (Phi) is 3.97. The Labute approximate surface area is 148 Å². The molecule has 0 N–H and O–H groups in total. The first-order chi connectivity index (χ1) is 11.8. The Morgan fingerprint density at radius 1 is 1.08 bits per heavy atom. The van der Waals surface area contributed by atoms with Gasteiger partial charge in [-0.15, -0.1) is 0 Å². The monoisotopic (exact) mass is 350 g/mol. The largest absolute Gasteiger partial charge is 0.296 e. The molecule has 0 spiro atoms. The molecule has 0 amide bonds. The zero-order chi connectivity index (χ0) is 18.0. The van der Waals surface area contributed by atoms with E-state index in [2.05, 4.69) is 13.8 Å². The summed E-state index contributed by atoms with van der Waals surface area (Å²) >= 11 is 0. The van der Waals surface area contributed by atoms with Crippen LogP contribution in [0.2, 0.25) is 0 Å². The number of carbonyl (C=O) groups excluding carboxylic acids is 2. The van der Waals surface area contributed by atoms with E-state index in [1.165, 1.54) is 5.57 Å². The van der Waals surface area contributed by atoms with Crippen molar-refractivity contribution in [2.24, 2.45) is 34.5 Å². The van der Waals surface area contributed by atoms with E-state index in [0.29, 0.717) is 30.6 Å². The Hall–Kier alpha value is -1.06. The molecule has 2 nitrogen and oxygen atoms in total. The topological polar surface area (TPSA) is 34.1 Å². The van der Waals surface area contributed by atoms with Gasteiger partial charge in [-0.05, 0) is 79.6 Å². The number of halogens is 2. The van der Waals surface area contributed by atoms with Crippen molar-refractivity contribution in [1.82, 2.24) is 0 Å². The molecular formula is C21H28F2O2. The van der Waals surface area contributed by atoms with Crippen molar-refractivity contribution in [2.75, 3.05) is 0 Å². The lowest BCUT2D eigenvalue weighted by molar-refractivity contribution is -0.141. The normalized spacial score (nSPS) is 46.3. The molecule has 3 fully saturated rings. The number of Topliss-reactive ketones (excluding diaryl/α,β-unsaturated/α-hetero) is 1. The van der Waals surface area contributed by atoms with Crippen LogP contribution >= 0.6 is 0 Å². The molecule has 25 heavy (non-hydrogen) atoms. The van der Waals surface area contributed by atoms with Gasteiger partial charge in [-0.2, -0.15) is 0 Å². The van der Waals surface area contributed by atoms with Crippen molar-refractivity contribution in [3.8, 4) is 0 Å². The average Bonchev–Trinajstić information content (AvgIpc) is 2.92. The van der Waals surface area contributed by atoms with Crippen LogP contribution in [0.15, 0.2) is 11.6 Å². The number of rotatable bonds is 2. The van der Waals surface area contributed by atoms with E-state index < -0.39 is 18.1 Å². The van der Waals surface area contributed by atoms with Gasteiger partial charge in [0.2, 0.25) is 5.78 Å². The van der Waals surface area contributed by atoms with Crippen molar-refractivity contribution in [2.45, 2.75) is 71.6 Å². The van der Waals surface area contributed by atoms with Crippen LogP contribution in [0, 0.1) is 34.5 Å². The van der Waals surface area contributed by atoms with Gasteiger partial charge < -0.3 is 0 Å². The SMILES string of the molecule is C[C@]12CC[C@H]3[C@@H](CCC4=CC(=O)CC[C@@]43C)[C@@H]1CC[C@@H]2C(=O)C(F)F. The summed E-state index contributed by atoms with van der Waals surface area (Å²) in [4.78, 5) is 23.9. The van der Waals surface area contributed by atoms with E-state index in [9.17, 15) is 18.4 Å². The van der Waals surface area contributed by atoms with Crippen LogP contribution < -0.4 is 0 Å². The van der Waals surface area contributed by atoms with E-state index in [-0.39, 0.29) is 16.6 Å². The summed E-state index contributed by atoms with van der Waals surface area (Å²) in [6.07, 6.45) is 6.07. The van der Waals surface area contributed by atoms with E-state index in [1.807, 2.05) is 6.08 Å². The molecule has 4 aliphatic rings. The quantitative estimate of drug-likeness (QED) is 0.705. The highest BCUT2D eigenvalue weighted by atomic mass is 19.3. The van der Waals surface area contributed by atoms with Crippen molar-refractivity contribution < 1.29 is 18.4 Å². The van der Waals surface area contributed by atoms with Crippen LogP contribution in [0.4, 0.5) is 8.78 Å². The third kappa shape index (κ3) is 2.39. The Bertz CT molecular complexity index is 640. The lowest BCUT2D eigenvalue weighted by Gasteiger charge is -2.58. The van der Waals surface area contributed by atoms with Gasteiger partial charge in [-0.25, -0.2) is 8.78 Å². The minimum absolute atomic E-state index is 0.100. The van der Waals surface area contributed by atoms with Crippen molar-refractivity contribution in [1.29, 1.82) is 0 Å². The third-order valence-corrected chi connectivity index (χ3v) is 8.52. The van der Waals surface area contributed by atoms with Crippen molar-refractivity contribution in [3.05, 3.63) is 11.6 Å².